The highest BCUT2D eigenvalue weighted by Gasteiger charge is 2.31. The number of esters is 1. The number of hydrogen-bond donors (Lipinski definition) is 1. The highest BCUT2D eigenvalue weighted by atomic mass is 19.1. The Hall–Kier alpha value is -1.49. The first-order valence-electron chi connectivity index (χ1n) is 5.15. The number of carbonyl (C=O) groups excluding carboxylic acids is 1. The maximum absolute atomic E-state index is 13.6. The summed E-state index contributed by atoms with van der Waals surface area (Å²) in [5.41, 5.74) is 4.68. The Morgan fingerprint density at radius 1 is 1.47 bits per heavy atom. The minimum absolute atomic E-state index is 0.0163. The second-order valence-electron chi connectivity index (χ2n) is 4.14. The lowest BCUT2D eigenvalue weighted by atomic mass is 9.79. The zero-order valence-corrected chi connectivity index (χ0v) is 9.80. The minimum Gasteiger partial charge on any atom is -0.469 e. The largest absolute Gasteiger partial charge is 0.469 e. The van der Waals surface area contributed by atoms with Gasteiger partial charge in [-0.1, -0.05) is 6.92 Å². The van der Waals surface area contributed by atoms with E-state index in [0.29, 0.717) is 0 Å². The summed E-state index contributed by atoms with van der Waals surface area (Å²) < 4.78 is 31.3. The predicted octanol–water partition coefficient (Wildman–Crippen LogP) is 1.74. The van der Waals surface area contributed by atoms with Crippen molar-refractivity contribution in [2.45, 2.75) is 18.8 Å². The molecule has 0 fully saturated rings. The van der Waals surface area contributed by atoms with Gasteiger partial charge in [0.2, 0.25) is 0 Å². The summed E-state index contributed by atoms with van der Waals surface area (Å²) in [6.45, 7) is 1.62. The van der Waals surface area contributed by atoms with Crippen molar-refractivity contribution in [1.82, 2.24) is 0 Å². The van der Waals surface area contributed by atoms with Crippen LogP contribution in [0.5, 0.6) is 0 Å². The minimum atomic E-state index is -0.973. The molecule has 0 aliphatic rings. The molecule has 94 valence electrons. The van der Waals surface area contributed by atoms with Crippen LogP contribution in [0.15, 0.2) is 18.2 Å². The molecule has 0 spiro atoms. The van der Waals surface area contributed by atoms with Crippen LogP contribution in [0.4, 0.5) is 8.78 Å². The Morgan fingerprint density at radius 2 is 2.12 bits per heavy atom. The van der Waals surface area contributed by atoms with Gasteiger partial charge in [0.05, 0.1) is 13.5 Å². The molecule has 1 rings (SSSR count). The van der Waals surface area contributed by atoms with Gasteiger partial charge in [-0.2, -0.15) is 0 Å². The molecular formula is C12H15F2NO2. The van der Waals surface area contributed by atoms with Gasteiger partial charge in [0.25, 0.3) is 0 Å². The fraction of sp³-hybridized carbons (Fsp3) is 0.417. The molecule has 1 atom stereocenters. The second kappa shape index (κ2) is 5.23. The molecule has 17 heavy (non-hydrogen) atoms. The van der Waals surface area contributed by atoms with E-state index in [1.54, 1.807) is 6.92 Å². The number of methoxy groups -OCH3 is 1. The van der Waals surface area contributed by atoms with Crippen LogP contribution in [0.25, 0.3) is 0 Å². The molecule has 3 nitrogen and oxygen atoms in total. The molecule has 0 aliphatic heterocycles. The highest BCUT2D eigenvalue weighted by molar-refractivity contribution is 5.71. The third-order valence-corrected chi connectivity index (χ3v) is 2.79. The summed E-state index contributed by atoms with van der Waals surface area (Å²) in [5, 5.41) is 0. The van der Waals surface area contributed by atoms with Gasteiger partial charge in [-0.15, -0.1) is 0 Å². The van der Waals surface area contributed by atoms with E-state index >= 15 is 0 Å². The van der Waals surface area contributed by atoms with Crippen molar-refractivity contribution < 1.29 is 18.3 Å². The fourth-order valence-electron chi connectivity index (χ4n) is 1.63. The highest BCUT2D eigenvalue weighted by Crippen LogP contribution is 2.29. The topological polar surface area (TPSA) is 52.3 Å². The van der Waals surface area contributed by atoms with Crippen molar-refractivity contribution in [2.75, 3.05) is 13.7 Å². The van der Waals surface area contributed by atoms with E-state index in [4.69, 9.17) is 5.73 Å². The predicted molar refractivity (Wildman–Crippen MR) is 59.4 cm³/mol. The van der Waals surface area contributed by atoms with Crippen LogP contribution in [0.2, 0.25) is 0 Å². The lowest BCUT2D eigenvalue weighted by Crippen LogP contribution is -2.35. The van der Waals surface area contributed by atoms with Gasteiger partial charge in [-0.3, -0.25) is 4.79 Å². The molecule has 1 aromatic carbocycles. The Bertz CT molecular complexity index is 423. The maximum Gasteiger partial charge on any atom is 0.306 e. The molecule has 0 heterocycles. The first-order valence-corrected chi connectivity index (χ1v) is 5.15. The van der Waals surface area contributed by atoms with E-state index in [9.17, 15) is 13.6 Å². The summed E-state index contributed by atoms with van der Waals surface area (Å²) in [6, 6.07) is 3.11. The van der Waals surface area contributed by atoms with Crippen LogP contribution in [-0.2, 0) is 14.9 Å². The lowest BCUT2D eigenvalue weighted by molar-refractivity contribution is -0.141. The van der Waals surface area contributed by atoms with E-state index < -0.39 is 23.0 Å². The van der Waals surface area contributed by atoms with Crippen molar-refractivity contribution in [3.8, 4) is 0 Å². The molecular weight excluding hydrogens is 228 g/mol. The first-order chi connectivity index (χ1) is 7.92. The molecule has 0 radical (unpaired) electrons. The SMILES string of the molecule is COC(=O)CC(C)(CN)c1cc(F)ccc1F. The fourth-order valence-corrected chi connectivity index (χ4v) is 1.63. The number of benzene rings is 1. The molecule has 5 heteroatoms. The number of nitrogens with two attached hydrogens (primary N) is 1. The van der Waals surface area contributed by atoms with Gasteiger partial charge in [0.15, 0.2) is 0 Å². The Labute approximate surface area is 98.6 Å². The van der Waals surface area contributed by atoms with E-state index in [0.717, 1.165) is 18.2 Å². The van der Waals surface area contributed by atoms with Crippen molar-refractivity contribution in [2.24, 2.45) is 5.73 Å². The number of ether oxygens (including phenoxy) is 1. The number of rotatable bonds is 4. The molecule has 0 aliphatic carbocycles. The smallest absolute Gasteiger partial charge is 0.306 e. The van der Waals surface area contributed by atoms with Gasteiger partial charge in [0.1, 0.15) is 11.6 Å². The van der Waals surface area contributed by atoms with Crippen LogP contribution in [0, 0.1) is 11.6 Å². The van der Waals surface area contributed by atoms with Gasteiger partial charge in [-0.05, 0) is 23.8 Å². The standard InChI is InChI=1S/C12H15F2NO2/c1-12(7-15,6-11(16)17-2)9-5-8(13)3-4-10(9)14/h3-5H,6-7,15H2,1-2H3. The Morgan fingerprint density at radius 3 is 2.65 bits per heavy atom. The third kappa shape index (κ3) is 3.00. The first kappa shape index (κ1) is 13.6. The number of hydrogen-bond acceptors (Lipinski definition) is 3. The van der Waals surface area contributed by atoms with E-state index in [1.165, 1.54) is 7.11 Å². The number of carbonyl (C=O) groups is 1. The summed E-state index contributed by atoms with van der Waals surface area (Å²) in [4.78, 5) is 11.3. The molecule has 0 saturated carbocycles. The van der Waals surface area contributed by atoms with Crippen LogP contribution >= 0.6 is 0 Å². The van der Waals surface area contributed by atoms with Crippen molar-refractivity contribution in [3.63, 3.8) is 0 Å². The van der Waals surface area contributed by atoms with Crippen LogP contribution < -0.4 is 5.73 Å². The van der Waals surface area contributed by atoms with Crippen molar-refractivity contribution in [1.29, 1.82) is 0 Å². The van der Waals surface area contributed by atoms with Gasteiger partial charge in [0, 0.05) is 12.0 Å². The van der Waals surface area contributed by atoms with E-state index in [-0.39, 0.29) is 18.5 Å². The maximum atomic E-state index is 13.6. The van der Waals surface area contributed by atoms with Gasteiger partial charge >= 0.3 is 5.97 Å². The molecule has 0 bridgehead atoms. The van der Waals surface area contributed by atoms with Crippen LogP contribution in [-0.4, -0.2) is 19.6 Å². The second-order valence-corrected chi connectivity index (χ2v) is 4.14. The quantitative estimate of drug-likeness (QED) is 0.819. The van der Waals surface area contributed by atoms with Gasteiger partial charge < -0.3 is 10.5 Å². The molecule has 1 unspecified atom stereocenters. The molecule has 2 N–H and O–H groups in total. The Balaban J connectivity index is 3.15. The third-order valence-electron chi connectivity index (χ3n) is 2.79. The average molecular weight is 243 g/mol. The van der Waals surface area contributed by atoms with E-state index in [2.05, 4.69) is 4.74 Å². The molecule has 0 aromatic heterocycles. The summed E-state index contributed by atoms with van der Waals surface area (Å²) in [6.07, 6.45) is -0.0969. The Kier molecular flexibility index (Phi) is 4.17. The summed E-state index contributed by atoms with van der Waals surface area (Å²) in [5.74, 6) is -1.66. The van der Waals surface area contributed by atoms with Crippen LogP contribution in [0.1, 0.15) is 18.9 Å². The zero-order valence-electron chi connectivity index (χ0n) is 9.80. The monoisotopic (exact) mass is 243 g/mol. The summed E-state index contributed by atoms with van der Waals surface area (Å²) in [7, 11) is 1.24. The molecule has 1 aromatic rings. The molecule has 0 amide bonds. The summed E-state index contributed by atoms with van der Waals surface area (Å²) >= 11 is 0. The average Bonchev–Trinajstić information content (AvgIpc) is 2.31. The van der Waals surface area contributed by atoms with Crippen molar-refractivity contribution >= 4 is 5.97 Å². The van der Waals surface area contributed by atoms with Crippen molar-refractivity contribution in [3.05, 3.63) is 35.4 Å². The van der Waals surface area contributed by atoms with Crippen LogP contribution in [0.3, 0.4) is 0 Å². The lowest BCUT2D eigenvalue weighted by Gasteiger charge is -2.27. The zero-order chi connectivity index (χ0) is 13.1. The number of halogens is 2. The molecule has 0 saturated heterocycles. The normalized spacial score (nSPS) is 14.2. The van der Waals surface area contributed by atoms with Gasteiger partial charge in [-0.25, -0.2) is 8.78 Å². The van der Waals surface area contributed by atoms with E-state index in [1.807, 2.05) is 0 Å².